The van der Waals surface area contributed by atoms with Gasteiger partial charge in [0.2, 0.25) is 0 Å². The van der Waals surface area contributed by atoms with E-state index < -0.39 is 13.1 Å². The molecule has 2 aromatic heterocycles. The fraction of sp³-hybridized carbons (Fsp3) is 0.458. The molecule has 5 heterocycles. The van der Waals surface area contributed by atoms with Crippen LogP contribution in [0.3, 0.4) is 0 Å². The van der Waals surface area contributed by atoms with Crippen molar-refractivity contribution in [1.82, 2.24) is 28.9 Å². The summed E-state index contributed by atoms with van der Waals surface area (Å²) in [5.74, 6) is 0.945. The third-order valence-electron chi connectivity index (χ3n) is 11.7. The summed E-state index contributed by atoms with van der Waals surface area (Å²) in [6.45, 7) is 19.1. The van der Waals surface area contributed by atoms with E-state index in [1.807, 2.05) is 44.5 Å². The lowest BCUT2D eigenvalue weighted by Gasteiger charge is -2.33. The number of nitrogens with zero attached hydrogens (tertiary/aromatic N) is 8. The number of piperazine rings is 2. The highest BCUT2D eigenvalue weighted by atomic mass is 79.9. The van der Waals surface area contributed by atoms with E-state index in [9.17, 15) is 28.0 Å². The van der Waals surface area contributed by atoms with Crippen LogP contribution < -0.4 is 20.9 Å². The van der Waals surface area contributed by atoms with Crippen LogP contribution in [0, 0.1) is 11.6 Å². The Morgan fingerprint density at radius 1 is 0.676 bits per heavy atom. The van der Waals surface area contributed by atoms with Crippen LogP contribution >= 0.6 is 15.9 Å². The highest BCUT2D eigenvalue weighted by Crippen LogP contribution is 2.36. The normalized spacial score (nSPS) is 17.1. The molecule has 0 radical (unpaired) electrons. The smallest absolute Gasteiger partial charge is 0.463 e. The summed E-state index contributed by atoms with van der Waals surface area (Å²) in [6.07, 6.45) is 7.45. The first-order chi connectivity index (χ1) is 32.3. The minimum Gasteiger partial charge on any atom is -0.463 e. The lowest BCUT2D eigenvalue weighted by molar-refractivity contribution is -0.138. The van der Waals surface area contributed by atoms with Crippen molar-refractivity contribution in [3.63, 3.8) is 0 Å². The lowest BCUT2D eigenvalue weighted by atomic mass is 9.90. The van der Waals surface area contributed by atoms with E-state index in [4.69, 9.17) is 18.8 Å². The molecular weight excluding hydrogens is 945 g/mol. The van der Waals surface area contributed by atoms with Gasteiger partial charge in [-0.1, -0.05) is 24.3 Å². The van der Waals surface area contributed by atoms with E-state index >= 15 is 0 Å². The van der Waals surface area contributed by atoms with Gasteiger partial charge in [0.25, 0.3) is 11.1 Å². The number of hydrogen-bond donors (Lipinski definition) is 0. The number of hydrogen-bond acceptors (Lipinski definition) is 14. The summed E-state index contributed by atoms with van der Waals surface area (Å²) in [6, 6.07) is 12.2. The Morgan fingerprint density at radius 3 is 1.53 bits per heavy atom. The molecule has 3 aliphatic rings. The number of ether oxygens (including phenoxy) is 2. The molecule has 0 spiro atoms. The van der Waals surface area contributed by atoms with E-state index in [1.165, 1.54) is 42.5 Å². The van der Waals surface area contributed by atoms with Crippen LogP contribution in [0.5, 0.6) is 0 Å². The molecule has 16 nitrogen and oxygen atoms in total. The van der Waals surface area contributed by atoms with Gasteiger partial charge in [0.1, 0.15) is 16.2 Å². The van der Waals surface area contributed by atoms with Gasteiger partial charge in [0.05, 0.1) is 43.2 Å². The van der Waals surface area contributed by atoms with Gasteiger partial charge in [-0.2, -0.15) is 0 Å². The summed E-state index contributed by atoms with van der Waals surface area (Å²) in [4.78, 5) is 65.8. The maximum atomic E-state index is 13.2. The first-order valence-electron chi connectivity index (χ1n) is 22.6. The molecule has 0 atom stereocenters. The van der Waals surface area contributed by atoms with Crippen molar-refractivity contribution >= 4 is 52.7 Å². The van der Waals surface area contributed by atoms with Gasteiger partial charge in [-0.25, -0.2) is 28.3 Å². The fourth-order valence-corrected chi connectivity index (χ4v) is 7.45. The van der Waals surface area contributed by atoms with Crippen molar-refractivity contribution in [2.24, 2.45) is 0 Å². The van der Waals surface area contributed by atoms with Gasteiger partial charge in [-0.15, -0.1) is 0 Å². The number of benzene rings is 2. The first-order valence-corrected chi connectivity index (χ1v) is 23.4. The number of aromatic nitrogens is 4. The highest BCUT2D eigenvalue weighted by Gasteiger charge is 2.50. The van der Waals surface area contributed by atoms with E-state index in [-0.39, 0.29) is 53.1 Å². The number of carbonyl (C=O) groups excluding carboxylic acids is 2. The SMILES string of the molecule is CCOC(=O)/C=C/B1OC(C)(C)C(C)(C)O1.CCOC(=O)/C=C/c1cn(Cc2ccc(F)cc2)c(=O)c(N2CCN(C)CC2)n1.CN1CCN(c2nc(Br)cn(Cc3ccc(F)cc3)c2=O)CC1. The molecule has 20 heteroatoms. The fourth-order valence-electron chi connectivity index (χ4n) is 7.03. The minimum atomic E-state index is -0.491. The molecule has 7 rings (SSSR count). The van der Waals surface area contributed by atoms with Gasteiger partial charge in [0, 0.05) is 76.9 Å². The quantitative estimate of drug-likeness (QED) is 0.101. The van der Waals surface area contributed by atoms with Gasteiger partial charge in [-0.3, -0.25) is 9.59 Å². The van der Waals surface area contributed by atoms with Gasteiger partial charge in [-0.05, 0) is 119 Å². The maximum Gasteiger partial charge on any atom is 0.487 e. The molecular formula is C48H62BBrF2N8O8. The number of anilines is 2. The molecule has 3 fully saturated rings. The molecule has 68 heavy (non-hydrogen) atoms. The largest absolute Gasteiger partial charge is 0.487 e. The zero-order valence-corrected chi connectivity index (χ0v) is 41.7. The summed E-state index contributed by atoms with van der Waals surface area (Å²) in [5.41, 5.74) is 1.05. The van der Waals surface area contributed by atoms with Crippen molar-refractivity contribution in [2.75, 3.05) is 89.5 Å². The number of halogens is 3. The molecule has 0 N–H and O–H groups in total. The number of carbonyl (C=O) groups is 2. The van der Waals surface area contributed by atoms with Gasteiger partial charge in [0.15, 0.2) is 11.6 Å². The summed E-state index contributed by atoms with van der Waals surface area (Å²) in [7, 11) is 3.61. The van der Waals surface area contributed by atoms with Crippen molar-refractivity contribution in [1.29, 1.82) is 0 Å². The number of likely N-dealkylation sites (N-methyl/N-ethyl adjacent to an activating group) is 2. The molecule has 4 aromatic rings. The van der Waals surface area contributed by atoms with Crippen LogP contribution in [0.1, 0.15) is 58.4 Å². The van der Waals surface area contributed by atoms with Crippen LogP contribution in [-0.2, 0) is 41.5 Å². The van der Waals surface area contributed by atoms with E-state index in [0.29, 0.717) is 48.2 Å². The number of rotatable bonds is 12. The molecule has 0 saturated carbocycles. The van der Waals surface area contributed by atoms with Crippen LogP contribution in [-0.4, -0.2) is 139 Å². The van der Waals surface area contributed by atoms with E-state index in [2.05, 4.69) is 42.7 Å². The topological polar surface area (TPSA) is 154 Å². The standard InChI is InChI=1S/C21H25FN4O3.C16H18BrFN4O.C11H19BO4/c1-3-29-19(27)9-8-18-15-26(14-16-4-6-17(22)7-5-16)21(28)20(23-18)25-12-10-24(2)11-13-25;1-20-6-8-21(9-7-20)15-16(23)22(11-14(17)19-15)10-12-2-4-13(18)5-3-12;1-6-14-9(13)7-8-12-15-10(2,3)11(4,5)16-12/h4-9,15H,3,10-14H2,1-2H3;2-5,11H,6-10H2,1H3;7-8H,6H2,1-5H3/b9-8+;;8-7+. The zero-order valence-electron chi connectivity index (χ0n) is 40.1. The number of esters is 2. The third-order valence-corrected chi connectivity index (χ3v) is 12.0. The molecule has 3 saturated heterocycles. The first kappa shape index (κ1) is 53.4. The van der Waals surface area contributed by atoms with E-state index in [1.54, 1.807) is 65.6 Å². The van der Waals surface area contributed by atoms with Gasteiger partial charge >= 0.3 is 19.1 Å². The molecule has 2 aromatic carbocycles. The highest BCUT2D eigenvalue weighted by molar-refractivity contribution is 9.10. The second-order valence-electron chi connectivity index (χ2n) is 17.4. The Kier molecular flexibility index (Phi) is 19.4. The monoisotopic (exact) mass is 1010 g/mol. The third kappa shape index (κ3) is 15.5. The summed E-state index contributed by atoms with van der Waals surface area (Å²) in [5, 5.41) is 0. The van der Waals surface area contributed by atoms with Crippen LogP contribution in [0.2, 0.25) is 0 Å². The van der Waals surface area contributed by atoms with Crippen molar-refractivity contribution in [3.05, 3.63) is 133 Å². The van der Waals surface area contributed by atoms with Gasteiger partial charge < -0.3 is 47.5 Å². The average molecular weight is 1010 g/mol. The van der Waals surface area contributed by atoms with Crippen LogP contribution in [0.25, 0.3) is 6.08 Å². The zero-order chi connectivity index (χ0) is 49.6. The molecule has 0 amide bonds. The molecule has 366 valence electrons. The Hall–Kier alpha value is -5.54. The average Bonchev–Trinajstić information content (AvgIpc) is 3.51. The molecule has 3 aliphatic heterocycles. The minimum absolute atomic E-state index is 0.123. The van der Waals surface area contributed by atoms with Crippen molar-refractivity contribution < 1.29 is 37.2 Å². The Labute approximate surface area is 405 Å². The maximum absolute atomic E-state index is 13.2. The Bertz CT molecular complexity index is 2470. The summed E-state index contributed by atoms with van der Waals surface area (Å²) < 4.78 is 51.0. The summed E-state index contributed by atoms with van der Waals surface area (Å²) >= 11 is 3.38. The second kappa shape index (κ2) is 24.7. The Balaban J connectivity index is 0.000000199. The lowest BCUT2D eigenvalue weighted by Crippen LogP contribution is -2.47. The van der Waals surface area contributed by atoms with E-state index in [0.717, 1.165) is 50.4 Å². The van der Waals surface area contributed by atoms with Crippen LogP contribution in [0.15, 0.2) is 93.2 Å². The molecule has 0 aliphatic carbocycles. The predicted molar refractivity (Wildman–Crippen MR) is 263 cm³/mol. The predicted octanol–water partition coefficient (Wildman–Crippen LogP) is 5.44. The molecule has 0 bridgehead atoms. The molecule has 0 unspecified atom stereocenters. The van der Waals surface area contributed by atoms with Crippen molar-refractivity contribution in [3.8, 4) is 0 Å². The second-order valence-corrected chi connectivity index (χ2v) is 18.2. The van der Waals surface area contributed by atoms with Crippen molar-refractivity contribution in [2.45, 2.75) is 65.8 Å². The van der Waals surface area contributed by atoms with Crippen LogP contribution in [0.4, 0.5) is 20.4 Å². The Morgan fingerprint density at radius 2 is 1.09 bits per heavy atom.